The number of ether oxygens (including phenoxy) is 1. The Morgan fingerprint density at radius 3 is 2.55 bits per heavy atom. The third kappa shape index (κ3) is 5.31. The van der Waals surface area contributed by atoms with Crippen molar-refractivity contribution in [2.75, 3.05) is 30.4 Å². The molecule has 1 saturated heterocycles. The number of pyridine rings is 2. The molecule has 0 spiro atoms. The number of anilines is 2. The molecule has 4 heterocycles. The van der Waals surface area contributed by atoms with Gasteiger partial charge in [-0.3, -0.25) is 14.4 Å². The maximum absolute atomic E-state index is 13.3. The van der Waals surface area contributed by atoms with E-state index in [1.807, 2.05) is 4.90 Å². The lowest BCUT2D eigenvalue weighted by molar-refractivity contribution is -0.146. The molecule has 12 nitrogen and oxygen atoms in total. The third-order valence-corrected chi connectivity index (χ3v) is 6.95. The minimum absolute atomic E-state index is 0.0314. The maximum atomic E-state index is 13.3. The number of fused-ring (bicyclic) bond motifs is 1. The minimum atomic E-state index is -1.21. The highest BCUT2D eigenvalue weighted by molar-refractivity contribution is 6.30. The number of morpholine rings is 1. The van der Waals surface area contributed by atoms with E-state index in [4.69, 9.17) is 20.8 Å². The number of rotatable bonds is 6. The average molecular weight is 542 g/mol. The topological polar surface area (TPSA) is 164 Å². The lowest BCUT2D eigenvalue weighted by Crippen LogP contribution is -2.49. The zero-order valence-electron chi connectivity index (χ0n) is 20.1. The number of nitrogens with zero attached hydrogens (tertiary/aromatic N) is 3. The Morgan fingerprint density at radius 2 is 1.87 bits per heavy atom. The van der Waals surface area contributed by atoms with Gasteiger partial charge in [0.15, 0.2) is 5.58 Å². The van der Waals surface area contributed by atoms with Gasteiger partial charge in [-0.2, -0.15) is 0 Å². The Morgan fingerprint density at radius 1 is 1.08 bits per heavy atom. The van der Waals surface area contributed by atoms with Crippen LogP contribution in [0, 0.1) is 5.92 Å². The largest absolute Gasteiger partial charge is 0.478 e. The molecule has 1 saturated carbocycles. The summed E-state index contributed by atoms with van der Waals surface area (Å²) in [5.41, 5.74) is 0.0828. The molecule has 3 N–H and O–H groups in total. The second-order valence-corrected chi connectivity index (χ2v) is 9.57. The number of aromatic carboxylic acids is 1. The first-order chi connectivity index (χ1) is 18.3. The van der Waals surface area contributed by atoms with Gasteiger partial charge in [-0.1, -0.05) is 11.6 Å². The number of hydrogen-bond donors (Lipinski definition) is 3. The molecule has 13 heteroatoms. The number of carboxylic acid groups (broad SMARTS) is 1. The molecule has 1 aliphatic heterocycles. The summed E-state index contributed by atoms with van der Waals surface area (Å²) in [6.07, 6.45) is 4.95. The summed E-state index contributed by atoms with van der Waals surface area (Å²) >= 11 is 5.85. The molecule has 1 aliphatic carbocycles. The van der Waals surface area contributed by atoms with Gasteiger partial charge in [-0.05, 0) is 43.9 Å². The van der Waals surface area contributed by atoms with Crippen LogP contribution < -0.4 is 10.6 Å². The van der Waals surface area contributed by atoms with Crippen molar-refractivity contribution in [1.82, 2.24) is 14.9 Å². The summed E-state index contributed by atoms with van der Waals surface area (Å²) in [6, 6.07) is 4.35. The van der Waals surface area contributed by atoms with Crippen molar-refractivity contribution < 1.29 is 33.4 Å². The van der Waals surface area contributed by atoms with Gasteiger partial charge in [0.1, 0.15) is 23.6 Å². The Balaban J connectivity index is 1.36. The number of amides is 3. The second kappa shape index (κ2) is 10.8. The van der Waals surface area contributed by atoms with Gasteiger partial charge < -0.3 is 29.8 Å². The molecule has 5 rings (SSSR count). The normalized spacial score (nSPS) is 19.8. The zero-order chi connectivity index (χ0) is 26.8. The van der Waals surface area contributed by atoms with Crippen molar-refractivity contribution in [2.45, 2.75) is 31.7 Å². The Labute approximate surface area is 221 Å². The highest BCUT2D eigenvalue weighted by atomic mass is 35.5. The molecule has 2 fully saturated rings. The molecule has 3 aromatic heterocycles. The van der Waals surface area contributed by atoms with Gasteiger partial charge in [0.25, 0.3) is 5.91 Å². The number of furan rings is 1. The predicted octanol–water partition coefficient (Wildman–Crippen LogP) is 3.18. The molecule has 2 aliphatic rings. The highest BCUT2D eigenvalue weighted by Gasteiger charge is 2.34. The van der Waals surface area contributed by atoms with Crippen LogP contribution in [0.5, 0.6) is 0 Å². The quantitative estimate of drug-likeness (QED) is 0.425. The van der Waals surface area contributed by atoms with E-state index in [-0.39, 0.29) is 64.3 Å². The predicted molar refractivity (Wildman–Crippen MR) is 135 cm³/mol. The first-order valence-corrected chi connectivity index (χ1v) is 12.4. The molecule has 38 heavy (non-hydrogen) atoms. The molecular formula is C25H24ClN5O7. The number of nitrogens with one attached hydrogen (secondary N) is 2. The fourth-order valence-electron chi connectivity index (χ4n) is 4.79. The van der Waals surface area contributed by atoms with Crippen LogP contribution in [0.4, 0.5) is 11.5 Å². The second-order valence-electron chi connectivity index (χ2n) is 9.13. The number of aromatic nitrogens is 2. The first-order valence-electron chi connectivity index (χ1n) is 12.1. The zero-order valence-corrected chi connectivity index (χ0v) is 20.9. The molecule has 198 valence electrons. The van der Waals surface area contributed by atoms with Crippen molar-refractivity contribution in [3.63, 3.8) is 0 Å². The van der Waals surface area contributed by atoms with Crippen molar-refractivity contribution in [3.8, 4) is 0 Å². The van der Waals surface area contributed by atoms with Crippen molar-refractivity contribution in [1.29, 1.82) is 0 Å². The van der Waals surface area contributed by atoms with Crippen LogP contribution in [-0.4, -0.2) is 69.5 Å². The molecule has 0 bridgehead atoms. The van der Waals surface area contributed by atoms with Crippen LogP contribution in [0.25, 0.3) is 11.1 Å². The van der Waals surface area contributed by atoms with Crippen LogP contribution in [-0.2, 0) is 14.3 Å². The van der Waals surface area contributed by atoms with Gasteiger partial charge in [-0.15, -0.1) is 0 Å². The van der Waals surface area contributed by atoms with E-state index in [0.29, 0.717) is 43.9 Å². The van der Waals surface area contributed by atoms with Gasteiger partial charge >= 0.3 is 5.97 Å². The fourth-order valence-corrected chi connectivity index (χ4v) is 4.90. The maximum Gasteiger partial charge on any atom is 0.337 e. The van der Waals surface area contributed by atoms with Crippen molar-refractivity contribution in [2.24, 2.45) is 5.92 Å². The summed E-state index contributed by atoms with van der Waals surface area (Å²) in [7, 11) is 0. The number of carbonyl (C=O) groups excluding carboxylic acids is 3. The van der Waals surface area contributed by atoms with Gasteiger partial charge in [-0.25, -0.2) is 14.8 Å². The average Bonchev–Trinajstić information content (AvgIpc) is 3.28. The molecule has 0 unspecified atom stereocenters. The van der Waals surface area contributed by atoms with E-state index >= 15 is 0 Å². The number of hydrogen-bond acceptors (Lipinski definition) is 8. The monoisotopic (exact) mass is 541 g/mol. The summed E-state index contributed by atoms with van der Waals surface area (Å²) in [4.78, 5) is 59.9. The minimum Gasteiger partial charge on any atom is -0.478 e. The van der Waals surface area contributed by atoms with Crippen LogP contribution in [0.15, 0.2) is 35.0 Å². The molecule has 3 aromatic rings. The molecule has 0 atom stereocenters. The van der Waals surface area contributed by atoms with Crippen LogP contribution in [0.1, 0.15) is 46.6 Å². The van der Waals surface area contributed by atoms with Gasteiger partial charge in [0.2, 0.25) is 17.6 Å². The Bertz CT molecular complexity index is 1400. The number of carbonyl (C=O) groups is 4. The smallest absolute Gasteiger partial charge is 0.337 e. The van der Waals surface area contributed by atoms with Crippen molar-refractivity contribution in [3.05, 3.63) is 46.9 Å². The summed E-state index contributed by atoms with van der Waals surface area (Å²) in [5.74, 6) is -2.67. The van der Waals surface area contributed by atoms with E-state index in [0.717, 1.165) is 6.20 Å². The van der Waals surface area contributed by atoms with Crippen LogP contribution in [0.2, 0.25) is 5.02 Å². The van der Waals surface area contributed by atoms with Gasteiger partial charge in [0.05, 0.1) is 17.2 Å². The number of halogens is 1. The highest BCUT2D eigenvalue weighted by Crippen LogP contribution is 2.34. The first kappa shape index (κ1) is 25.6. The van der Waals surface area contributed by atoms with E-state index in [9.17, 15) is 24.3 Å². The van der Waals surface area contributed by atoms with Crippen LogP contribution >= 0.6 is 11.6 Å². The Hall–Kier alpha value is -4.03. The van der Waals surface area contributed by atoms with Gasteiger partial charge in [0, 0.05) is 30.9 Å². The molecule has 0 radical (unpaired) electrons. The van der Waals surface area contributed by atoms with E-state index in [1.54, 1.807) is 6.07 Å². The fraction of sp³-hybridized carbons (Fsp3) is 0.360. The van der Waals surface area contributed by atoms with Crippen LogP contribution in [0.3, 0.4) is 0 Å². The standard InChI is InChI=1S/C25H24ClN5O7/c26-15-3-6-18(27-11-15)29-24(34)22-21(20-17(38-22)9-14(10-28-20)25(35)36)30-23(33)13-1-4-16(5-2-13)31-7-8-37-12-19(31)32/h3,6,9-11,13,16H,1-2,4-5,7-8,12H2,(H,30,33)(H,35,36)(H,27,29,34)/t13-,16-. The lowest BCUT2D eigenvalue weighted by Gasteiger charge is -2.38. The van der Waals surface area contributed by atoms with E-state index in [2.05, 4.69) is 20.6 Å². The van der Waals surface area contributed by atoms with E-state index < -0.39 is 11.9 Å². The SMILES string of the molecule is O=C(O)c1cnc2c(NC(=O)[C@H]3CC[C@H](N4CCOCC4=O)CC3)c(C(=O)Nc3ccc(Cl)cn3)oc2c1. The summed E-state index contributed by atoms with van der Waals surface area (Å²) in [5, 5.41) is 15.1. The molecule has 0 aromatic carbocycles. The van der Waals surface area contributed by atoms with E-state index in [1.165, 1.54) is 18.3 Å². The Kier molecular flexibility index (Phi) is 7.25. The third-order valence-electron chi connectivity index (χ3n) is 6.73. The summed E-state index contributed by atoms with van der Waals surface area (Å²) < 4.78 is 10.9. The number of carboxylic acids is 1. The molecule has 3 amide bonds. The summed E-state index contributed by atoms with van der Waals surface area (Å²) in [6.45, 7) is 1.14. The lowest BCUT2D eigenvalue weighted by atomic mass is 9.84. The van der Waals surface area contributed by atoms with Crippen molar-refractivity contribution >= 4 is 57.9 Å². The molecular weight excluding hydrogens is 518 g/mol.